The third-order valence-electron chi connectivity index (χ3n) is 1.16. The van der Waals surface area contributed by atoms with Crippen molar-refractivity contribution in [1.82, 2.24) is 10.2 Å². The first kappa shape index (κ1) is 6.33. The molecule has 9 heavy (non-hydrogen) atoms. The van der Waals surface area contributed by atoms with E-state index in [9.17, 15) is 0 Å². The van der Waals surface area contributed by atoms with Crippen LogP contribution in [0.1, 0.15) is 26.5 Å². The number of nitrogens with one attached hydrogen (secondary N) is 1. The van der Waals surface area contributed by atoms with Gasteiger partial charge in [0, 0.05) is 17.7 Å². The van der Waals surface area contributed by atoms with Crippen molar-refractivity contribution in [1.29, 1.82) is 0 Å². The summed E-state index contributed by atoms with van der Waals surface area (Å²) >= 11 is 0. The Balaban J connectivity index is 2.90. The maximum absolute atomic E-state index is 4.01. The summed E-state index contributed by atoms with van der Waals surface area (Å²) < 4.78 is 0. The van der Waals surface area contributed by atoms with E-state index in [1.54, 1.807) is 6.20 Å². The summed E-state index contributed by atoms with van der Waals surface area (Å²) in [6.45, 7) is 6.33. The zero-order chi connectivity index (χ0) is 6.91. The molecule has 49 valence electrons. The fourth-order valence-corrected chi connectivity index (χ4v) is 0.614. The molecule has 0 bridgehead atoms. The molecule has 1 rings (SSSR count). The Labute approximate surface area is 55.3 Å². The second-order valence-electron chi connectivity index (χ2n) is 3.13. The van der Waals surface area contributed by atoms with E-state index in [4.69, 9.17) is 0 Å². The highest BCUT2D eigenvalue weighted by Crippen LogP contribution is 2.17. The molecular formula is C7H11N2. The minimum Gasteiger partial charge on any atom is -0.285 e. The average molecular weight is 123 g/mol. The van der Waals surface area contributed by atoms with Crippen LogP contribution in [0.15, 0.2) is 6.20 Å². The van der Waals surface area contributed by atoms with E-state index in [1.807, 2.05) is 0 Å². The lowest BCUT2D eigenvalue weighted by molar-refractivity contribution is 0.566. The van der Waals surface area contributed by atoms with Gasteiger partial charge < -0.3 is 0 Å². The van der Waals surface area contributed by atoms with E-state index in [1.165, 1.54) is 0 Å². The summed E-state index contributed by atoms with van der Waals surface area (Å²) in [5.74, 6) is 0. The number of nitrogens with zero attached hydrogens (tertiary/aromatic N) is 1. The highest BCUT2D eigenvalue weighted by molar-refractivity contribution is 5.07. The number of hydrogen-bond acceptors (Lipinski definition) is 1. The molecule has 1 aromatic rings. The molecule has 0 aromatic carbocycles. The zero-order valence-electron chi connectivity index (χ0n) is 6.02. The standard InChI is InChI=1S/C7H11N2/c1-7(2,3)6-4-5-8-9-6/h5H,1-3H3,(H,8,9). The molecule has 0 atom stereocenters. The molecule has 0 fully saturated rings. The van der Waals surface area contributed by atoms with E-state index >= 15 is 0 Å². The van der Waals surface area contributed by atoms with Crippen LogP contribution in [0, 0.1) is 6.07 Å². The normalized spacial score (nSPS) is 11.9. The lowest BCUT2D eigenvalue weighted by Gasteiger charge is -2.12. The topological polar surface area (TPSA) is 28.7 Å². The van der Waals surface area contributed by atoms with Gasteiger partial charge in [-0.25, -0.2) is 0 Å². The highest BCUT2D eigenvalue weighted by Gasteiger charge is 2.14. The Morgan fingerprint density at radius 3 is 2.44 bits per heavy atom. The number of hydrogen-bond donors (Lipinski definition) is 1. The molecule has 2 nitrogen and oxygen atoms in total. The first-order chi connectivity index (χ1) is 4.11. The largest absolute Gasteiger partial charge is 0.285 e. The van der Waals surface area contributed by atoms with Gasteiger partial charge in [-0.05, 0) is 0 Å². The summed E-state index contributed by atoms with van der Waals surface area (Å²) in [6, 6.07) is 3.01. The van der Waals surface area contributed by atoms with E-state index < -0.39 is 0 Å². The van der Waals surface area contributed by atoms with Crippen molar-refractivity contribution in [2.75, 3.05) is 0 Å². The predicted octanol–water partition coefficient (Wildman–Crippen LogP) is 1.51. The van der Waals surface area contributed by atoms with Crippen molar-refractivity contribution >= 4 is 0 Å². The fourth-order valence-electron chi connectivity index (χ4n) is 0.614. The average Bonchev–Trinajstić information content (AvgIpc) is 2.08. The monoisotopic (exact) mass is 123 g/mol. The van der Waals surface area contributed by atoms with Gasteiger partial charge in [-0.3, -0.25) is 5.10 Å². The van der Waals surface area contributed by atoms with Gasteiger partial charge >= 0.3 is 0 Å². The Morgan fingerprint density at radius 2 is 2.22 bits per heavy atom. The van der Waals surface area contributed by atoms with Gasteiger partial charge in [0.25, 0.3) is 0 Å². The quantitative estimate of drug-likeness (QED) is 0.556. The smallest absolute Gasteiger partial charge is 0.0755 e. The number of H-pyrrole nitrogens is 1. The van der Waals surface area contributed by atoms with Gasteiger partial charge in [0.2, 0.25) is 0 Å². The third kappa shape index (κ3) is 1.31. The van der Waals surface area contributed by atoms with Crippen LogP contribution in [0.5, 0.6) is 0 Å². The van der Waals surface area contributed by atoms with Crippen LogP contribution in [-0.2, 0) is 5.41 Å². The molecule has 1 radical (unpaired) electrons. The van der Waals surface area contributed by atoms with Gasteiger partial charge in [0.05, 0.1) is 5.69 Å². The summed E-state index contributed by atoms with van der Waals surface area (Å²) in [5, 5.41) is 6.74. The molecule has 0 aliphatic carbocycles. The van der Waals surface area contributed by atoms with Crippen molar-refractivity contribution in [2.24, 2.45) is 0 Å². The Kier molecular flexibility index (Phi) is 1.31. The van der Waals surface area contributed by atoms with Crippen LogP contribution in [0.25, 0.3) is 0 Å². The van der Waals surface area contributed by atoms with E-state index in [2.05, 4.69) is 37.0 Å². The SMILES string of the molecule is CC(C)(C)c1[c]c[nH]n1. The molecule has 0 aliphatic heterocycles. The van der Waals surface area contributed by atoms with Crippen LogP contribution in [0.3, 0.4) is 0 Å². The third-order valence-corrected chi connectivity index (χ3v) is 1.16. The summed E-state index contributed by atoms with van der Waals surface area (Å²) in [5.41, 5.74) is 1.11. The van der Waals surface area contributed by atoms with Crippen LogP contribution in [-0.4, -0.2) is 10.2 Å². The predicted molar refractivity (Wildman–Crippen MR) is 36.1 cm³/mol. The molecule has 2 heteroatoms. The number of rotatable bonds is 0. The summed E-state index contributed by atoms with van der Waals surface area (Å²) in [7, 11) is 0. The maximum atomic E-state index is 4.01. The van der Waals surface area contributed by atoms with Gasteiger partial charge in [-0.15, -0.1) is 0 Å². The second kappa shape index (κ2) is 1.87. The van der Waals surface area contributed by atoms with Gasteiger partial charge in [0.1, 0.15) is 0 Å². The molecule has 1 N–H and O–H groups in total. The van der Waals surface area contributed by atoms with Crippen molar-refractivity contribution in [3.05, 3.63) is 18.0 Å². The highest BCUT2D eigenvalue weighted by atomic mass is 15.1. The minimum atomic E-state index is 0.125. The Hall–Kier alpha value is -0.790. The van der Waals surface area contributed by atoms with Crippen molar-refractivity contribution in [3.8, 4) is 0 Å². The van der Waals surface area contributed by atoms with Crippen LogP contribution >= 0.6 is 0 Å². The van der Waals surface area contributed by atoms with Gasteiger partial charge in [0.15, 0.2) is 0 Å². The van der Waals surface area contributed by atoms with Crippen LogP contribution in [0.4, 0.5) is 0 Å². The Bertz CT molecular complexity index is 169. The number of aromatic nitrogens is 2. The van der Waals surface area contributed by atoms with E-state index in [0.29, 0.717) is 0 Å². The lowest BCUT2D eigenvalue weighted by atomic mass is 9.93. The molecule has 0 aliphatic rings. The summed E-state index contributed by atoms with van der Waals surface area (Å²) in [4.78, 5) is 0. The lowest BCUT2D eigenvalue weighted by Crippen LogP contribution is -2.11. The first-order valence-electron chi connectivity index (χ1n) is 3.02. The molecule has 0 saturated carbocycles. The fraction of sp³-hybridized carbons (Fsp3) is 0.571. The van der Waals surface area contributed by atoms with Crippen LogP contribution in [0.2, 0.25) is 0 Å². The molecule has 0 unspecified atom stereocenters. The van der Waals surface area contributed by atoms with Crippen molar-refractivity contribution in [3.63, 3.8) is 0 Å². The van der Waals surface area contributed by atoms with Crippen LogP contribution < -0.4 is 0 Å². The molecule has 1 heterocycles. The Morgan fingerprint density at radius 1 is 1.56 bits per heavy atom. The maximum Gasteiger partial charge on any atom is 0.0755 e. The van der Waals surface area contributed by atoms with Crippen molar-refractivity contribution < 1.29 is 0 Å². The molecule has 0 saturated heterocycles. The van der Waals surface area contributed by atoms with Gasteiger partial charge in [-0.1, -0.05) is 20.8 Å². The minimum absolute atomic E-state index is 0.125. The molecule has 1 aromatic heterocycles. The van der Waals surface area contributed by atoms with E-state index in [-0.39, 0.29) is 5.41 Å². The first-order valence-corrected chi connectivity index (χ1v) is 3.02. The second-order valence-corrected chi connectivity index (χ2v) is 3.13. The van der Waals surface area contributed by atoms with Gasteiger partial charge in [-0.2, -0.15) is 5.10 Å². The van der Waals surface area contributed by atoms with Crippen molar-refractivity contribution in [2.45, 2.75) is 26.2 Å². The summed E-state index contributed by atoms with van der Waals surface area (Å²) in [6.07, 6.45) is 1.72. The molecule has 0 amide bonds. The molecular weight excluding hydrogens is 112 g/mol. The zero-order valence-corrected chi connectivity index (χ0v) is 6.02. The number of aromatic amines is 1. The van der Waals surface area contributed by atoms with E-state index in [0.717, 1.165) is 5.69 Å². The molecule has 0 spiro atoms.